The number of fused-ring (bicyclic) bond motifs is 3. The van der Waals surface area contributed by atoms with Gasteiger partial charge in [-0.25, -0.2) is 4.39 Å². The number of carbonyl (C=O) groups is 1. The Morgan fingerprint density at radius 2 is 2.00 bits per heavy atom. The average Bonchev–Trinajstić information content (AvgIpc) is 2.67. The zero-order valence-corrected chi connectivity index (χ0v) is 17.8. The standard InChI is InChI=1S/C24H20BrFN2O/c1-24(2)11-19-23(20(29)12-24)21(13-5-6-16(26)15(25)10-13)22-14-4-3-9-27-17(14)7-8-18(22)28-19/h3-10,21,28H,11-12H2,1-2H3. The lowest BCUT2D eigenvalue weighted by Crippen LogP contribution is -2.34. The van der Waals surface area contributed by atoms with Crippen LogP contribution in [0, 0.1) is 11.2 Å². The van der Waals surface area contributed by atoms with Crippen molar-refractivity contribution in [2.75, 3.05) is 5.32 Å². The summed E-state index contributed by atoms with van der Waals surface area (Å²) in [4.78, 5) is 17.8. The summed E-state index contributed by atoms with van der Waals surface area (Å²) in [5.74, 6) is -0.414. The number of rotatable bonds is 1. The second-order valence-electron chi connectivity index (χ2n) is 8.66. The highest BCUT2D eigenvalue weighted by Crippen LogP contribution is 2.50. The second-order valence-corrected chi connectivity index (χ2v) is 9.52. The Morgan fingerprint density at radius 3 is 2.79 bits per heavy atom. The van der Waals surface area contributed by atoms with Crippen LogP contribution < -0.4 is 5.32 Å². The summed E-state index contributed by atoms with van der Waals surface area (Å²) in [6, 6.07) is 13.0. The molecule has 0 fully saturated rings. The Morgan fingerprint density at radius 1 is 1.17 bits per heavy atom. The van der Waals surface area contributed by atoms with E-state index in [1.807, 2.05) is 24.3 Å². The van der Waals surface area contributed by atoms with Gasteiger partial charge in [-0.15, -0.1) is 0 Å². The number of nitrogens with zero attached hydrogens (tertiary/aromatic N) is 1. The molecule has 1 aliphatic heterocycles. The van der Waals surface area contributed by atoms with Gasteiger partial charge < -0.3 is 5.32 Å². The molecule has 0 radical (unpaired) electrons. The maximum absolute atomic E-state index is 14.0. The minimum Gasteiger partial charge on any atom is -0.358 e. The van der Waals surface area contributed by atoms with Crippen LogP contribution in [0.5, 0.6) is 0 Å². The summed E-state index contributed by atoms with van der Waals surface area (Å²) in [6.45, 7) is 4.25. The molecule has 1 aromatic heterocycles. The normalized spacial score (nSPS) is 20.3. The molecule has 5 rings (SSSR count). The highest BCUT2D eigenvalue weighted by Gasteiger charge is 2.41. The van der Waals surface area contributed by atoms with E-state index in [0.29, 0.717) is 10.9 Å². The number of anilines is 1. The summed E-state index contributed by atoms with van der Waals surface area (Å²) in [5, 5.41) is 4.55. The first-order chi connectivity index (χ1) is 13.8. The third kappa shape index (κ3) is 2.99. The monoisotopic (exact) mass is 450 g/mol. The van der Waals surface area contributed by atoms with Crippen LogP contribution >= 0.6 is 15.9 Å². The van der Waals surface area contributed by atoms with Gasteiger partial charge in [-0.3, -0.25) is 9.78 Å². The number of carbonyl (C=O) groups excluding carboxylic acids is 1. The summed E-state index contributed by atoms with van der Waals surface area (Å²) >= 11 is 3.32. The number of allylic oxidation sites excluding steroid dienone is 2. The van der Waals surface area contributed by atoms with Crippen molar-refractivity contribution in [2.24, 2.45) is 5.41 Å². The lowest BCUT2D eigenvalue weighted by atomic mass is 9.68. The molecule has 5 heteroatoms. The molecule has 0 spiro atoms. The van der Waals surface area contributed by atoms with Gasteiger partial charge in [0, 0.05) is 40.9 Å². The molecular formula is C24H20BrFN2O. The molecule has 2 aliphatic rings. The number of hydrogen-bond acceptors (Lipinski definition) is 3. The van der Waals surface area contributed by atoms with Crippen molar-refractivity contribution in [1.29, 1.82) is 0 Å². The lowest BCUT2D eigenvalue weighted by molar-refractivity contribution is -0.118. The maximum Gasteiger partial charge on any atom is 0.162 e. The molecule has 0 saturated carbocycles. The first kappa shape index (κ1) is 18.5. The van der Waals surface area contributed by atoms with E-state index in [9.17, 15) is 9.18 Å². The second kappa shape index (κ2) is 6.49. The van der Waals surface area contributed by atoms with E-state index < -0.39 is 0 Å². The molecule has 2 aromatic carbocycles. The molecule has 146 valence electrons. The van der Waals surface area contributed by atoms with Gasteiger partial charge in [-0.05, 0) is 69.2 Å². The molecule has 0 amide bonds. The minimum absolute atomic E-state index is 0.0905. The van der Waals surface area contributed by atoms with Crippen LogP contribution in [0.3, 0.4) is 0 Å². The van der Waals surface area contributed by atoms with Crippen LogP contribution in [-0.4, -0.2) is 10.8 Å². The lowest BCUT2D eigenvalue weighted by Gasteiger charge is -2.40. The first-order valence-corrected chi connectivity index (χ1v) is 10.5. The van der Waals surface area contributed by atoms with Gasteiger partial charge in [0.2, 0.25) is 0 Å². The zero-order valence-electron chi connectivity index (χ0n) is 16.2. The molecular weight excluding hydrogens is 431 g/mol. The number of halogens is 2. The van der Waals surface area contributed by atoms with Crippen molar-refractivity contribution in [3.05, 3.63) is 81.3 Å². The Balaban J connectivity index is 1.82. The van der Waals surface area contributed by atoms with Crippen LogP contribution in [0.25, 0.3) is 10.9 Å². The van der Waals surface area contributed by atoms with Crippen LogP contribution in [0.1, 0.15) is 43.7 Å². The largest absolute Gasteiger partial charge is 0.358 e. The molecule has 29 heavy (non-hydrogen) atoms. The Kier molecular flexibility index (Phi) is 4.14. The van der Waals surface area contributed by atoms with Crippen LogP contribution in [0.15, 0.2) is 64.4 Å². The van der Waals surface area contributed by atoms with Gasteiger partial charge in [0.1, 0.15) is 5.82 Å². The smallest absolute Gasteiger partial charge is 0.162 e. The summed E-state index contributed by atoms with van der Waals surface area (Å²) < 4.78 is 14.4. The fraction of sp³-hybridized carbons (Fsp3) is 0.250. The Hall–Kier alpha value is -2.53. The van der Waals surface area contributed by atoms with Gasteiger partial charge >= 0.3 is 0 Å². The van der Waals surface area contributed by atoms with Crippen molar-refractivity contribution < 1.29 is 9.18 Å². The molecule has 0 bridgehead atoms. The van der Waals surface area contributed by atoms with Crippen molar-refractivity contribution >= 4 is 38.3 Å². The van der Waals surface area contributed by atoms with Crippen molar-refractivity contribution in [3.8, 4) is 0 Å². The first-order valence-electron chi connectivity index (χ1n) is 9.70. The number of pyridine rings is 1. The average molecular weight is 451 g/mol. The fourth-order valence-electron chi connectivity index (χ4n) is 4.71. The van der Waals surface area contributed by atoms with Crippen molar-refractivity contribution in [1.82, 2.24) is 4.98 Å². The number of aromatic nitrogens is 1. The summed E-state index contributed by atoms with van der Waals surface area (Å²) in [7, 11) is 0. The third-order valence-electron chi connectivity index (χ3n) is 5.89. The van der Waals surface area contributed by atoms with E-state index in [-0.39, 0.29) is 22.9 Å². The van der Waals surface area contributed by atoms with Crippen molar-refractivity contribution in [3.63, 3.8) is 0 Å². The van der Waals surface area contributed by atoms with Gasteiger partial charge in [-0.1, -0.05) is 26.0 Å². The minimum atomic E-state index is -0.312. The third-order valence-corrected chi connectivity index (χ3v) is 6.49. The number of Topliss-reactive ketones (excluding diaryl/α,β-unsaturated/α-hetero) is 1. The van der Waals surface area contributed by atoms with E-state index in [2.05, 4.69) is 40.1 Å². The van der Waals surface area contributed by atoms with E-state index >= 15 is 0 Å². The number of benzene rings is 2. The van der Waals surface area contributed by atoms with Gasteiger partial charge in [-0.2, -0.15) is 0 Å². The zero-order chi connectivity index (χ0) is 20.3. The fourth-order valence-corrected chi connectivity index (χ4v) is 5.11. The van der Waals surface area contributed by atoms with E-state index in [0.717, 1.165) is 45.4 Å². The molecule has 3 aromatic rings. The summed E-state index contributed by atoms with van der Waals surface area (Å²) in [5.41, 5.74) is 5.48. The quantitative estimate of drug-likeness (QED) is 0.470. The highest BCUT2D eigenvalue weighted by molar-refractivity contribution is 9.10. The van der Waals surface area contributed by atoms with Crippen LogP contribution in [0.4, 0.5) is 10.1 Å². The maximum atomic E-state index is 14.0. The molecule has 0 saturated heterocycles. The van der Waals surface area contributed by atoms with E-state index in [1.54, 1.807) is 18.3 Å². The van der Waals surface area contributed by atoms with Gasteiger partial charge in [0.25, 0.3) is 0 Å². The number of hydrogen-bond donors (Lipinski definition) is 1. The van der Waals surface area contributed by atoms with Gasteiger partial charge in [0.15, 0.2) is 5.78 Å². The molecule has 1 N–H and O–H groups in total. The SMILES string of the molecule is CC1(C)CC(=O)C2=C(C1)Nc1ccc3ncccc3c1C2c1ccc(F)c(Br)c1. The molecule has 2 heterocycles. The summed E-state index contributed by atoms with van der Waals surface area (Å²) in [6.07, 6.45) is 3.08. The predicted molar refractivity (Wildman–Crippen MR) is 116 cm³/mol. The van der Waals surface area contributed by atoms with E-state index in [4.69, 9.17) is 0 Å². The molecule has 1 aliphatic carbocycles. The number of ketones is 1. The highest BCUT2D eigenvalue weighted by atomic mass is 79.9. The molecule has 1 unspecified atom stereocenters. The Bertz CT molecular complexity index is 1210. The Labute approximate surface area is 177 Å². The van der Waals surface area contributed by atoms with Crippen molar-refractivity contribution in [2.45, 2.75) is 32.6 Å². The van der Waals surface area contributed by atoms with Crippen LogP contribution in [0.2, 0.25) is 0 Å². The molecule has 3 nitrogen and oxygen atoms in total. The topological polar surface area (TPSA) is 42.0 Å². The van der Waals surface area contributed by atoms with Gasteiger partial charge in [0.05, 0.1) is 9.99 Å². The predicted octanol–water partition coefficient (Wildman–Crippen LogP) is 6.34. The van der Waals surface area contributed by atoms with Crippen LogP contribution in [-0.2, 0) is 4.79 Å². The molecule has 1 atom stereocenters. The van der Waals surface area contributed by atoms with E-state index in [1.165, 1.54) is 6.07 Å². The number of nitrogens with one attached hydrogen (secondary N) is 1.